The number of carbonyl (C=O) groups excluding carboxylic acids is 2. The topological polar surface area (TPSA) is 85.1 Å². The maximum absolute atomic E-state index is 12.4. The van der Waals surface area contributed by atoms with E-state index in [1.54, 1.807) is 9.80 Å². The summed E-state index contributed by atoms with van der Waals surface area (Å²) in [5.41, 5.74) is 6.17. The molecule has 0 saturated carbocycles. The van der Waals surface area contributed by atoms with Gasteiger partial charge in [0.15, 0.2) is 0 Å². The third kappa shape index (κ3) is 6.38. The minimum Gasteiger partial charge on any atom is -0.445 e. The lowest BCUT2D eigenvalue weighted by Crippen LogP contribution is -2.59. The van der Waals surface area contributed by atoms with E-state index in [0.717, 1.165) is 5.56 Å². The number of ether oxygens (including phenoxy) is 2. The largest absolute Gasteiger partial charge is 0.445 e. The molecule has 1 aliphatic rings. The van der Waals surface area contributed by atoms with Gasteiger partial charge >= 0.3 is 12.2 Å². The number of nitrogens with two attached hydrogens (primary N) is 1. The highest BCUT2D eigenvalue weighted by Gasteiger charge is 2.34. The Morgan fingerprint density at radius 1 is 1.15 bits per heavy atom. The molecule has 2 amide bonds. The van der Waals surface area contributed by atoms with Crippen molar-refractivity contribution < 1.29 is 19.1 Å². The summed E-state index contributed by atoms with van der Waals surface area (Å²) in [6.07, 6.45) is -0.800. The number of nitrogens with zero attached hydrogens (tertiary/aromatic N) is 2. The second kappa shape index (κ2) is 9.64. The molecule has 0 radical (unpaired) electrons. The molecule has 26 heavy (non-hydrogen) atoms. The normalized spacial score (nSPS) is 17.3. The fraction of sp³-hybridized carbons (Fsp3) is 0.556. The zero-order chi connectivity index (χ0) is 18.4. The second-order valence-electron chi connectivity index (χ2n) is 7.05. The molecule has 0 bridgehead atoms. The predicted molar refractivity (Wildman–Crippen MR) is 101 cm³/mol. The first-order valence-electron chi connectivity index (χ1n) is 8.45. The first kappa shape index (κ1) is 22.1. The van der Waals surface area contributed by atoms with E-state index in [2.05, 4.69) is 0 Å². The molecule has 0 spiro atoms. The molecular weight excluding hydrogens is 358 g/mol. The van der Waals surface area contributed by atoms with Crippen molar-refractivity contribution in [3.63, 3.8) is 0 Å². The van der Waals surface area contributed by atoms with Crippen molar-refractivity contribution >= 4 is 24.6 Å². The van der Waals surface area contributed by atoms with Gasteiger partial charge < -0.3 is 25.0 Å². The van der Waals surface area contributed by atoms with Gasteiger partial charge in [0.1, 0.15) is 12.2 Å². The number of hydrogen-bond acceptors (Lipinski definition) is 5. The van der Waals surface area contributed by atoms with Crippen LogP contribution < -0.4 is 5.73 Å². The van der Waals surface area contributed by atoms with Crippen LogP contribution in [0.5, 0.6) is 0 Å². The third-order valence-corrected chi connectivity index (χ3v) is 3.85. The van der Waals surface area contributed by atoms with Crippen molar-refractivity contribution in [2.24, 2.45) is 5.73 Å². The van der Waals surface area contributed by atoms with Gasteiger partial charge in [-0.25, -0.2) is 9.59 Å². The molecule has 0 aromatic heterocycles. The summed E-state index contributed by atoms with van der Waals surface area (Å²) in [4.78, 5) is 27.7. The summed E-state index contributed by atoms with van der Waals surface area (Å²) in [5, 5.41) is 0. The molecular formula is C18H28ClN3O4. The van der Waals surface area contributed by atoms with Crippen LogP contribution in [-0.2, 0) is 16.1 Å². The number of carbonyl (C=O) groups is 2. The van der Waals surface area contributed by atoms with Crippen LogP contribution in [0, 0.1) is 0 Å². The van der Waals surface area contributed by atoms with Crippen LogP contribution in [0.3, 0.4) is 0 Å². The highest BCUT2D eigenvalue weighted by atomic mass is 35.5. The molecule has 1 fully saturated rings. The average molecular weight is 386 g/mol. The SMILES string of the molecule is CC(C)(C)OC(=O)N1CCN(C(=O)OCc2ccccc2)C(CN)C1.Cl. The van der Waals surface area contributed by atoms with Gasteiger partial charge in [-0.3, -0.25) is 0 Å². The molecule has 8 heteroatoms. The predicted octanol–water partition coefficient (Wildman–Crippen LogP) is 2.63. The Morgan fingerprint density at radius 3 is 2.38 bits per heavy atom. The molecule has 7 nitrogen and oxygen atoms in total. The lowest BCUT2D eigenvalue weighted by molar-refractivity contribution is 0.00224. The summed E-state index contributed by atoms with van der Waals surface area (Å²) < 4.78 is 10.8. The fourth-order valence-corrected chi connectivity index (χ4v) is 2.59. The quantitative estimate of drug-likeness (QED) is 0.864. The van der Waals surface area contributed by atoms with Gasteiger partial charge in [0.2, 0.25) is 0 Å². The fourth-order valence-electron chi connectivity index (χ4n) is 2.59. The molecule has 2 N–H and O–H groups in total. The Balaban J connectivity index is 0.00000338. The Labute approximate surface area is 160 Å². The van der Waals surface area contributed by atoms with Gasteiger partial charge in [-0.05, 0) is 26.3 Å². The van der Waals surface area contributed by atoms with Gasteiger partial charge in [-0.15, -0.1) is 12.4 Å². The number of rotatable bonds is 3. The van der Waals surface area contributed by atoms with Crippen LogP contribution in [0.1, 0.15) is 26.3 Å². The van der Waals surface area contributed by atoms with E-state index in [0.29, 0.717) is 19.6 Å². The Bertz CT molecular complexity index is 592. The highest BCUT2D eigenvalue weighted by molar-refractivity contribution is 5.85. The van der Waals surface area contributed by atoms with E-state index in [1.807, 2.05) is 51.1 Å². The zero-order valence-corrected chi connectivity index (χ0v) is 16.3. The molecule has 1 saturated heterocycles. The Morgan fingerprint density at radius 2 is 1.81 bits per heavy atom. The molecule has 1 unspecified atom stereocenters. The van der Waals surface area contributed by atoms with E-state index in [4.69, 9.17) is 15.2 Å². The molecule has 0 aliphatic carbocycles. The summed E-state index contributed by atoms with van der Waals surface area (Å²) in [7, 11) is 0. The third-order valence-electron chi connectivity index (χ3n) is 3.85. The number of piperazine rings is 1. The molecule has 146 valence electrons. The highest BCUT2D eigenvalue weighted by Crippen LogP contribution is 2.16. The number of hydrogen-bond donors (Lipinski definition) is 1. The van der Waals surface area contributed by atoms with Crippen LogP contribution in [0.15, 0.2) is 30.3 Å². The van der Waals surface area contributed by atoms with Crippen LogP contribution >= 0.6 is 12.4 Å². The van der Waals surface area contributed by atoms with Crippen LogP contribution in [-0.4, -0.2) is 59.8 Å². The number of benzene rings is 1. The summed E-state index contributed by atoms with van der Waals surface area (Å²) >= 11 is 0. The molecule has 1 aromatic rings. The standard InChI is InChI=1S/C18H27N3O4.ClH/c1-18(2,3)25-16(22)20-9-10-21(15(11-19)12-20)17(23)24-13-14-7-5-4-6-8-14;/h4-8,15H,9-13,19H2,1-3H3;1H. The minimum atomic E-state index is -0.555. The van der Waals surface area contributed by atoms with Crippen molar-refractivity contribution in [2.45, 2.75) is 39.0 Å². The Hall–Kier alpha value is -1.99. The van der Waals surface area contributed by atoms with Crippen LogP contribution in [0.25, 0.3) is 0 Å². The molecule has 2 rings (SSSR count). The number of halogens is 1. The van der Waals surface area contributed by atoms with Gasteiger partial charge in [-0.1, -0.05) is 30.3 Å². The minimum absolute atomic E-state index is 0. The van der Waals surface area contributed by atoms with Crippen molar-refractivity contribution in [2.75, 3.05) is 26.2 Å². The summed E-state index contributed by atoms with van der Waals surface area (Å²) in [6.45, 7) is 7.03. The zero-order valence-electron chi connectivity index (χ0n) is 15.5. The van der Waals surface area contributed by atoms with Crippen molar-refractivity contribution in [1.82, 2.24) is 9.80 Å². The van der Waals surface area contributed by atoms with E-state index in [1.165, 1.54) is 0 Å². The molecule has 1 aromatic carbocycles. The number of amides is 2. The lowest BCUT2D eigenvalue weighted by atomic mass is 10.2. The van der Waals surface area contributed by atoms with E-state index in [9.17, 15) is 9.59 Å². The van der Waals surface area contributed by atoms with Crippen molar-refractivity contribution in [3.8, 4) is 0 Å². The van der Waals surface area contributed by atoms with Crippen molar-refractivity contribution in [1.29, 1.82) is 0 Å². The first-order chi connectivity index (χ1) is 11.8. The summed E-state index contributed by atoms with van der Waals surface area (Å²) in [6, 6.07) is 9.20. The van der Waals surface area contributed by atoms with E-state index >= 15 is 0 Å². The first-order valence-corrected chi connectivity index (χ1v) is 8.45. The van der Waals surface area contributed by atoms with Gasteiger partial charge in [0, 0.05) is 26.2 Å². The van der Waals surface area contributed by atoms with Gasteiger partial charge in [-0.2, -0.15) is 0 Å². The molecule has 1 aliphatic heterocycles. The second-order valence-corrected chi connectivity index (χ2v) is 7.05. The molecule has 1 atom stereocenters. The Kier molecular flexibility index (Phi) is 8.17. The van der Waals surface area contributed by atoms with Crippen LogP contribution in [0.4, 0.5) is 9.59 Å². The summed E-state index contributed by atoms with van der Waals surface area (Å²) in [5.74, 6) is 0. The van der Waals surface area contributed by atoms with Gasteiger partial charge in [0.05, 0.1) is 6.04 Å². The van der Waals surface area contributed by atoms with Crippen LogP contribution in [0.2, 0.25) is 0 Å². The maximum Gasteiger partial charge on any atom is 0.410 e. The van der Waals surface area contributed by atoms with Crippen molar-refractivity contribution in [3.05, 3.63) is 35.9 Å². The average Bonchev–Trinajstić information content (AvgIpc) is 2.58. The van der Waals surface area contributed by atoms with E-state index < -0.39 is 11.7 Å². The van der Waals surface area contributed by atoms with E-state index in [-0.39, 0.29) is 37.7 Å². The maximum atomic E-state index is 12.4. The molecule has 1 heterocycles. The van der Waals surface area contributed by atoms with Gasteiger partial charge in [0.25, 0.3) is 0 Å². The monoisotopic (exact) mass is 385 g/mol. The lowest BCUT2D eigenvalue weighted by Gasteiger charge is -2.40. The smallest absolute Gasteiger partial charge is 0.410 e.